The second kappa shape index (κ2) is 4.08. The number of benzene rings is 1. The van der Waals surface area contributed by atoms with Crippen LogP contribution in [0.2, 0.25) is 0 Å². The molecule has 16 heavy (non-hydrogen) atoms. The van der Waals surface area contributed by atoms with E-state index >= 15 is 0 Å². The molecule has 2 aromatic rings. The Hall–Kier alpha value is -2.26. The number of rotatable bonds is 2. The van der Waals surface area contributed by atoms with Gasteiger partial charge in [0.15, 0.2) is 0 Å². The molecule has 0 spiro atoms. The van der Waals surface area contributed by atoms with Gasteiger partial charge in [0.1, 0.15) is 5.82 Å². The van der Waals surface area contributed by atoms with E-state index in [2.05, 4.69) is 32.4 Å². The summed E-state index contributed by atoms with van der Waals surface area (Å²) in [5.74, 6) is 0.429. The molecule has 0 aliphatic rings. The summed E-state index contributed by atoms with van der Waals surface area (Å²) in [6, 6.07) is 7.90. The third-order valence-electron chi connectivity index (χ3n) is 2.39. The molecule has 0 radical (unpaired) electrons. The molecule has 80 valence electrons. The zero-order valence-corrected chi connectivity index (χ0v) is 9.10. The Morgan fingerprint density at radius 3 is 2.88 bits per heavy atom. The van der Waals surface area contributed by atoms with Crippen molar-refractivity contribution in [2.45, 2.75) is 13.8 Å². The quantitative estimate of drug-likeness (QED) is 0.461. The van der Waals surface area contributed by atoms with Crippen molar-refractivity contribution in [3.05, 3.63) is 45.8 Å². The average molecular weight is 213 g/mol. The Bertz CT molecular complexity index is 564. The number of hydrogen-bond donors (Lipinski definition) is 1. The van der Waals surface area contributed by atoms with E-state index in [1.165, 1.54) is 5.56 Å². The minimum absolute atomic E-state index is 0.429. The standard InChI is InChI=1S/C11H11N5/c1-7-3-4-8(2)9(5-7)10-6-11(14-13-10)15-16-12/h3-6H,1-2H3,(H,13,14). The van der Waals surface area contributed by atoms with Gasteiger partial charge in [0.2, 0.25) is 0 Å². The van der Waals surface area contributed by atoms with E-state index in [4.69, 9.17) is 5.53 Å². The molecule has 0 aliphatic heterocycles. The largest absolute Gasteiger partial charge is 0.275 e. The van der Waals surface area contributed by atoms with Crippen LogP contribution in [0.1, 0.15) is 11.1 Å². The highest BCUT2D eigenvalue weighted by Gasteiger charge is 2.05. The lowest BCUT2D eigenvalue weighted by Crippen LogP contribution is -1.84. The highest BCUT2D eigenvalue weighted by atomic mass is 15.2. The minimum Gasteiger partial charge on any atom is -0.275 e. The van der Waals surface area contributed by atoms with Crippen molar-refractivity contribution in [1.82, 2.24) is 10.2 Å². The molecule has 0 unspecified atom stereocenters. The maximum Gasteiger partial charge on any atom is 0.122 e. The molecule has 0 saturated carbocycles. The van der Waals surface area contributed by atoms with Crippen LogP contribution in [-0.2, 0) is 0 Å². The fourth-order valence-electron chi connectivity index (χ4n) is 1.56. The topological polar surface area (TPSA) is 77.4 Å². The molecule has 1 heterocycles. The van der Waals surface area contributed by atoms with Gasteiger partial charge in [-0.15, -0.1) is 0 Å². The van der Waals surface area contributed by atoms with E-state index in [-0.39, 0.29) is 0 Å². The lowest BCUT2D eigenvalue weighted by Gasteiger charge is -2.02. The van der Waals surface area contributed by atoms with Gasteiger partial charge in [-0.1, -0.05) is 17.7 Å². The third-order valence-corrected chi connectivity index (χ3v) is 2.39. The monoisotopic (exact) mass is 213 g/mol. The van der Waals surface area contributed by atoms with Crippen LogP contribution in [0.15, 0.2) is 29.4 Å². The van der Waals surface area contributed by atoms with E-state index in [1.807, 2.05) is 19.9 Å². The minimum atomic E-state index is 0.429. The summed E-state index contributed by atoms with van der Waals surface area (Å²) in [6.07, 6.45) is 0. The molecule has 2 rings (SSSR count). The van der Waals surface area contributed by atoms with Crippen LogP contribution in [-0.4, -0.2) is 10.2 Å². The van der Waals surface area contributed by atoms with Gasteiger partial charge in [0, 0.05) is 10.5 Å². The molecular weight excluding hydrogens is 202 g/mol. The predicted molar refractivity (Wildman–Crippen MR) is 62.3 cm³/mol. The van der Waals surface area contributed by atoms with Gasteiger partial charge in [-0.25, -0.2) is 0 Å². The first-order valence-electron chi connectivity index (χ1n) is 4.89. The Morgan fingerprint density at radius 1 is 1.31 bits per heavy atom. The van der Waals surface area contributed by atoms with E-state index in [9.17, 15) is 0 Å². The van der Waals surface area contributed by atoms with Gasteiger partial charge < -0.3 is 0 Å². The first-order chi connectivity index (χ1) is 7.70. The molecule has 1 aromatic heterocycles. The summed E-state index contributed by atoms with van der Waals surface area (Å²) in [6.45, 7) is 4.06. The lowest BCUT2D eigenvalue weighted by molar-refractivity contribution is 1.08. The Balaban J connectivity index is 2.49. The smallest absolute Gasteiger partial charge is 0.122 e. The summed E-state index contributed by atoms with van der Waals surface area (Å²) >= 11 is 0. The van der Waals surface area contributed by atoms with Gasteiger partial charge in [-0.05, 0) is 42.2 Å². The summed E-state index contributed by atoms with van der Waals surface area (Å²) < 4.78 is 0. The third kappa shape index (κ3) is 1.89. The summed E-state index contributed by atoms with van der Waals surface area (Å²) in [7, 11) is 0. The van der Waals surface area contributed by atoms with E-state index in [1.54, 1.807) is 6.07 Å². The Labute approximate surface area is 92.7 Å². The molecule has 0 saturated heterocycles. The summed E-state index contributed by atoms with van der Waals surface area (Å²) in [5, 5.41) is 10.3. The van der Waals surface area contributed by atoms with Crippen LogP contribution in [0.5, 0.6) is 0 Å². The molecule has 0 aliphatic carbocycles. The summed E-state index contributed by atoms with van der Waals surface area (Å²) in [5.41, 5.74) is 12.5. The van der Waals surface area contributed by atoms with Crippen LogP contribution in [0.4, 0.5) is 5.82 Å². The molecule has 1 aromatic carbocycles. The van der Waals surface area contributed by atoms with Gasteiger partial charge in [0.25, 0.3) is 0 Å². The number of nitrogens with one attached hydrogen (secondary N) is 1. The number of hydrogen-bond acceptors (Lipinski definition) is 2. The fraction of sp³-hybridized carbons (Fsp3) is 0.182. The molecule has 5 nitrogen and oxygen atoms in total. The zero-order chi connectivity index (χ0) is 11.5. The molecule has 0 atom stereocenters. The molecule has 0 amide bonds. The van der Waals surface area contributed by atoms with Crippen molar-refractivity contribution >= 4 is 5.82 Å². The summed E-state index contributed by atoms with van der Waals surface area (Å²) in [4.78, 5) is 2.71. The van der Waals surface area contributed by atoms with Crippen LogP contribution in [0.25, 0.3) is 21.7 Å². The predicted octanol–water partition coefficient (Wildman–Crippen LogP) is 3.64. The number of H-pyrrole nitrogens is 1. The Morgan fingerprint density at radius 2 is 2.12 bits per heavy atom. The molecule has 0 fully saturated rings. The van der Waals surface area contributed by atoms with Crippen molar-refractivity contribution in [2.24, 2.45) is 5.11 Å². The van der Waals surface area contributed by atoms with Gasteiger partial charge in [-0.2, -0.15) is 5.10 Å². The van der Waals surface area contributed by atoms with Crippen molar-refractivity contribution in [3.63, 3.8) is 0 Å². The van der Waals surface area contributed by atoms with Crippen LogP contribution >= 0.6 is 0 Å². The van der Waals surface area contributed by atoms with Gasteiger partial charge in [-0.3, -0.25) is 5.10 Å². The maximum absolute atomic E-state index is 8.31. The number of azide groups is 1. The van der Waals surface area contributed by atoms with E-state index < -0.39 is 0 Å². The first kappa shape index (κ1) is 10.3. The molecule has 5 heteroatoms. The van der Waals surface area contributed by atoms with Crippen LogP contribution in [0.3, 0.4) is 0 Å². The molecule has 1 N–H and O–H groups in total. The molecular formula is C11H11N5. The Kier molecular flexibility index (Phi) is 2.62. The zero-order valence-electron chi connectivity index (χ0n) is 9.10. The average Bonchev–Trinajstić information content (AvgIpc) is 2.71. The number of aromatic amines is 1. The number of aryl methyl sites for hydroxylation is 2. The lowest BCUT2D eigenvalue weighted by atomic mass is 10.0. The van der Waals surface area contributed by atoms with E-state index in [0.717, 1.165) is 16.8 Å². The van der Waals surface area contributed by atoms with Gasteiger partial charge in [0.05, 0.1) is 5.69 Å². The van der Waals surface area contributed by atoms with Gasteiger partial charge >= 0.3 is 0 Å². The van der Waals surface area contributed by atoms with Crippen LogP contribution < -0.4 is 0 Å². The van der Waals surface area contributed by atoms with E-state index in [0.29, 0.717) is 5.82 Å². The van der Waals surface area contributed by atoms with Crippen molar-refractivity contribution < 1.29 is 0 Å². The SMILES string of the molecule is Cc1ccc(C)c(-c2cc(N=[N+]=[N-])[nH]n2)c1. The second-order valence-corrected chi connectivity index (χ2v) is 3.65. The maximum atomic E-state index is 8.31. The molecule has 0 bridgehead atoms. The van der Waals surface area contributed by atoms with Crippen molar-refractivity contribution in [3.8, 4) is 11.3 Å². The highest BCUT2D eigenvalue weighted by molar-refractivity contribution is 5.66. The highest BCUT2D eigenvalue weighted by Crippen LogP contribution is 2.25. The van der Waals surface area contributed by atoms with Crippen LogP contribution in [0, 0.1) is 13.8 Å². The second-order valence-electron chi connectivity index (χ2n) is 3.65. The first-order valence-corrected chi connectivity index (χ1v) is 4.89. The number of nitrogens with zero attached hydrogens (tertiary/aromatic N) is 4. The number of aromatic nitrogens is 2. The van der Waals surface area contributed by atoms with Crippen molar-refractivity contribution in [1.29, 1.82) is 0 Å². The van der Waals surface area contributed by atoms with Crippen molar-refractivity contribution in [2.75, 3.05) is 0 Å². The normalized spacial score (nSPS) is 9.88. The fourth-order valence-corrected chi connectivity index (χ4v) is 1.56.